The number of carbonyl (C=O) groups is 1. The number of para-hydroxylation sites is 1. The third-order valence-corrected chi connectivity index (χ3v) is 4.84. The molecular weight excluding hydrogens is 348 g/mol. The molecule has 130 valence electrons. The van der Waals surface area contributed by atoms with E-state index in [-0.39, 0.29) is 0 Å². The number of likely N-dealkylation sites (N-methyl/N-ethyl adjacent to an activating group) is 1. The summed E-state index contributed by atoms with van der Waals surface area (Å²) in [7, 11) is 1.99. The summed E-state index contributed by atoms with van der Waals surface area (Å²) in [5.74, 6) is -0.916. The Hall–Kier alpha value is -2.69. The number of fused-ring (bicyclic) bond motifs is 2. The van der Waals surface area contributed by atoms with Gasteiger partial charge < -0.3 is 5.11 Å². The Bertz CT molecular complexity index is 1040. The molecule has 2 aromatic carbocycles. The number of pyridine rings is 1. The third kappa shape index (κ3) is 2.98. The van der Waals surface area contributed by atoms with Gasteiger partial charge in [-0.2, -0.15) is 0 Å². The maximum atomic E-state index is 12.0. The highest BCUT2D eigenvalue weighted by atomic mass is 35.5. The molecule has 3 aromatic rings. The molecule has 1 N–H and O–H groups in total. The number of nitrogens with zero attached hydrogens (tertiary/aromatic N) is 2. The standard InChI is InChI=1S/C21H17ClN2O2/c1-24-11-14(10-13-6-8-15(22)9-7-13)20-17(12-24)19(21(25)26)16-4-2-3-5-18(16)23-20/h2-10H,11-12H2,1H3,(H,25,26)/b14-10+. The lowest BCUT2D eigenvalue weighted by atomic mass is 9.92. The second-order valence-corrected chi connectivity index (χ2v) is 6.97. The molecule has 1 aliphatic heterocycles. The predicted molar refractivity (Wildman–Crippen MR) is 104 cm³/mol. The Balaban J connectivity index is 1.97. The fourth-order valence-electron chi connectivity index (χ4n) is 3.48. The van der Waals surface area contributed by atoms with Crippen molar-refractivity contribution in [3.8, 4) is 0 Å². The smallest absolute Gasteiger partial charge is 0.336 e. The van der Waals surface area contributed by atoms with Crippen LogP contribution >= 0.6 is 11.6 Å². The van der Waals surface area contributed by atoms with Crippen molar-refractivity contribution in [1.82, 2.24) is 9.88 Å². The monoisotopic (exact) mass is 364 g/mol. The number of carboxylic acids is 1. The number of hydrogen-bond donors (Lipinski definition) is 1. The molecule has 0 saturated carbocycles. The fourth-order valence-corrected chi connectivity index (χ4v) is 3.61. The van der Waals surface area contributed by atoms with Crippen LogP contribution in [-0.2, 0) is 6.54 Å². The summed E-state index contributed by atoms with van der Waals surface area (Å²) in [5, 5.41) is 11.2. The van der Waals surface area contributed by atoms with E-state index in [2.05, 4.69) is 11.0 Å². The summed E-state index contributed by atoms with van der Waals surface area (Å²) in [4.78, 5) is 18.9. The number of aromatic nitrogens is 1. The summed E-state index contributed by atoms with van der Waals surface area (Å²) in [6.07, 6.45) is 2.05. The van der Waals surface area contributed by atoms with Crippen molar-refractivity contribution in [3.63, 3.8) is 0 Å². The zero-order chi connectivity index (χ0) is 18.3. The van der Waals surface area contributed by atoms with Gasteiger partial charge in [0.25, 0.3) is 0 Å². The number of rotatable bonds is 2. The van der Waals surface area contributed by atoms with Gasteiger partial charge in [-0.15, -0.1) is 0 Å². The van der Waals surface area contributed by atoms with E-state index < -0.39 is 5.97 Å². The molecule has 0 fully saturated rings. The van der Waals surface area contributed by atoms with E-state index in [1.807, 2.05) is 55.6 Å². The first kappa shape index (κ1) is 16.8. The lowest BCUT2D eigenvalue weighted by Gasteiger charge is -2.28. The summed E-state index contributed by atoms with van der Waals surface area (Å²) >= 11 is 5.97. The Morgan fingerprint density at radius 2 is 1.88 bits per heavy atom. The van der Waals surface area contributed by atoms with Gasteiger partial charge in [-0.05, 0) is 42.5 Å². The lowest BCUT2D eigenvalue weighted by Crippen LogP contribution is -2.28. The molecule has 0 unspecified atom stereocenters. The molecule has 0 spiro atoms. The van der Waals surface area contributed by atoms with Crippen molar-refractivity contribution < 1.29 is 9.90 Å². The van der Waals surface area contributed by atoms with Gasteiger partial charge in [-0.1, -0.05) is 41.9 Å². The summed E-state index contributed by atoms with van der Waals surface area (Å²) in [6, 6.07) is 15.0. The Kier molecular flexibility index (Phi) is 4.23. The summed E-state index contributed by atoms with van der Waals surface area (Å²) in [5.41, 5.74) is 4.61. The molecule has 4 nitrogen and oxygen atoms in total. The van der Waals surface area contributed by atoms with E-state index in [0.29, 0.717) is 34.6 Å². The lowest BCUT2D eigenvalue weighted by molar-refractivity contribution is 0.0696. The molecule has 0 saturated heterocycles. The molecule has 0 atom stereocenters. The van der Waals surface area contributed by atoms with E-state index >= 15 is 0 Å². The number of hydrogen-bond acceptors (Lipinski definition) is 3. The van der Waals surface area contributed by atoms with Crippen molar-refractivity contribution in [2.75, 3.05) is 13.6 Å². The number of halogens is 1. The zero-order valence-electron chi connectivity index (χ0n) is 14.2. The minimum atomic E-state index is -0.916. The van der Waals surface area contributed by atoms with Gasteiger partial charge in [0.15, 0.2) is 0 Å². The SMILES string of the molecule is CN1C/C(=C\c2ccc(Cl)cc2)c2nc3ccccc3c(C(=O)O)c2C1. The van der Waals surface area contributed by atoms with Crippen LogP contribution in [0.5, 0.6) is 0 Å². The molecule has 4 rings (SSSR count). The fraction of sp³-hybridized carbons (Fsp3) is 0.143. The van der Waals surface area contributed by atoms with Gasteiger partial charge in [0.05, 0.1) is 16.8 Å². The molecule has 0 amide bonds. The minimum absolute atomic E-state index is 0.346. The summed E-state index contributed by atoms with van der Waals surface area (Å²) in [6.45, 7) is 1.27. The van der Waals surface area contributed by atoms with Crippen molar-refractivity contribution in [3.05, 3.63) is 75.9 Å². The van der Waals surface area contributed by atoms with Crippen LogP contribution in [0.25, 0.3) is 22.6 Å². The quantitative estimate of drug-likeness (QED) is 0.723. The Morgan fingerprint density at radius 3 is 2.62 bits per heavy atom. The Labute approximate surface area is 156 Å². The highest BCUT2D eigenvalue weighted by Crippen LogP contribution is 2.33. The highest BCUT2D eigenvalue weighted by Gasteiger charge is 2.26. The van der Waals surface area contributed by atoms with Crippen LogP contribution in [0, 0.1) is 0 Å². The summed E-state index contributed by atoms with van der Waals surface area (Å²) < 4.78 is 0. The van der Waals surface area contributed by atoms with Crippen molar-refractivity contribution in [1.29, 1.82) is 0 Å². The normalized spacial score (nSPS) is 16.0. The van der Waals surface area contributed by atoms with Crippen LogP contribution in [0.2, 0.25) is 5.02 Å². The zero-order valence-corrected chi connectivity index (χ0v) is 15.0. The van der Waals surface area contributed by atoms with Crippen molar-refractivity contribution in [2.45, 2.75) is 6.54 Å². The van der Waals surface area contributed by atoms with Crippen LogP contribution in [-0.4, -0.2) is 34.6 Å². The average Bonchev–Trinajstić information content (AvgIpc) is 2.61. The first-order valence-electron chi connectivity index (χ1n) is 8.33. The third-order valence-electron chi connectivity index (χ3n) is 4.59. The van der Waals surface area contributed by atoms with Gasteiger partial charge in [0.1, 0.15) is 0 Å². The van der Waals surface area contributed by atoms with Crippen molar-refractivity contribution in [2.24, 2.45) is 0 Å². The molecular formula is C21H17ClN2O2. The van der Waals surface area contributed by atoms with E-state index in [1.165, 1.54) is 0 Å². The number of carboxylic acid groups (broad SMARTS) is 1. The van der Waals surface area contributed by atoms with Gasteiger partial charge in [-0.25, -0.2) is 9.78 Å². The minimum Gasteiger partial charge on any atom is -0.478 e. The van der Waals surface area contributed by atoms with Gasteiger partial charge >= 0.3 is 5.97 Å². The van der Waals surface area contributed by atoms with E-state index in [9.17, 15) is 9.90 Å². The van der Waals surface area contributed by atoms with Crippen LogP contribution in [0.3, 0.4) is 0 Å². The van der Waals surface area contributed by atoms with Crippen LogP contribution in [0.15, 0.2) is 48.5 Å². The molecule has 1 aliphatic rings. The van der Waals surface area contributed by atoms with Crippen molar-refractivity contribution >= 4 is 40.1 Å². The van der Waals surface area contributed by atoms with Gasteiger partial charge in [-0.3, -0.25) is 4.90 Å². The molecule has 0 radical (unpaired) electrons. The first-order valence-corrected chi connectivity index (χ1v) is 8.70. The highest BCUT2D eigenvalue weighted by molar-refractivity contribution is 6.30. The maximum absolute atomic E-state index is 12.0. The number of benzene rings is 2. The van der Waals surface area contributed by atoms with E-state index in [4.69, 9.17) is 16.6 Å². The number of aromatic carboxylic acids is 1. The van der Waals surface area contributed by atoms with Gasteiger partial charge in [0.2, 0.25) is 0 Å². The van der Waals surface area contributed by atoms with Gasteiger partial charge in [0, 0.05) is 29.1 Å². The van der Waals surface area contributed by atoms with Crippen LogP contribution in [0.4, 0.5) is 0 Å². The topological polar surface area (TPSA) is 53.4 Å². The van der Waals surface area contributed by atoms with E-state index in [0.717, 1.165) is 22.4 Å². The van der Waals surface area contributed by atoms with Crippen LogP contribution in [0.1, 0.15) is 27.2 Å². The second-order valence-electron chi connectivity index (χ2n) is 6.53. The largest absolute Gasteiger partial charge is 0.478 e. The second kappa shape index (κ2) is 6.56. The predicted octanol–water partition coefficient (Wildman–Crippen LogP) is 4.57. The first-order chi connectivity index (χ1) is 12.5. The molecule has 5 heteroatoms. The molecule has 0 aliphatic carbocycles. The molecule has 26 heavy (non-hydrogen) atoms. The van der Waals surface area contributed by atoms with E-state index in [1.54, 1.807) is 0 Å². The maximum Gasteiger partial charge on any atom is 0.336 e. The molecule has 0 bridgehead atoms. The molecule has 2 heterocycles. The Morgan fingerprint density at radius 1 is 1.15 bits per heavy atom. The molecule has 1 aromatic heterocycles. The van der Waals surface area contributed by atoms with Crippen LogP contribution < -0.4 is 0 Å². The average molecular weight is 365 g/mol.